The molecule has 0 radical (unpaired) electrons. The van der Waals surface area contributed by atoms with Gasteiger partial charge in [-0.15, -0.1) is 0 Å². The summed E-state index contributed by atoms with van der Waals surface area (Å²) in [5.41, 5.74) is 2.12. The van der Waals surface area contributed by atoms with Gasteiger partial charge in [-0.05, 0) is 42.3 Å². The number of hydrogen-bond acceptors (Lipinski definition) is 4. The third-order valence-corrected chi connectivity index (χ3v) is 3.94. The molecule has 0 spiro atoms. The molecule has 0 unspecified atom stereocenters. The Morgan fingerprint density at radius 1 is 1.00 bits per heavy atom. The number of amides is 2. The molecule has 0 aliphatic carbocycles. The molecule has 0 saturated heterocycles. The molecular formula is C18H19ClN2O4. The van der Waals surface area contributed by atoms with Crippen molar-refractivity contribution in [3.63, 3.8) is 0 Å². The van der Waals surface area contributed by atoms with Gasteiger partial charge in [0.05, 0.1) is 14.2 Å². The van der Waals surface area contributed by atoms with Gasteiger partial charge in [-0.25, -0.2) is 0 Å². The van der Waals surface area contributed by atoms with Gasteiger partial charge >= 0.3 is 11.8 Å². The summed E-state index contributed by atoms with van der Waals surface area (Å²) in [6.45, 7) is 2.03. The van der Waals surface area contributed by atoms with Crippen LogP contribution >= 0.6 is 11.6 Å². The molecular weight excluding hydrogens is 344 g/mol. The second-order valence-corrected chi connectivity index (χ2v) is 5.70. The lowest BCUT2D eigenvalue weighted by Crippen LogP contribution is -2.34. The van der Waals surface area contributed by atoms with Crippen molar-refractivity contribution < 1.29 is 19.1 Å². The van der Waals surface area contributed by atoms with E-state index in [-0.39, 0.29) is 6.54 Å². The van der Waals surface area contributed by atoms with Crippen molar-refractivity contribution in [3.8, 4) is 11.5 Å². The Labute approximate surface area is 151 Å². The molecule has 0 aliphatic rings. The number of ether oxygens (including phenoxy) is 2. The van der Waals surface area contributed by atoms with E-state index in [1.807, 2.05) is 6.92 Å². The van der Waals surface area contributed by atoms with Crippen molar-refractivity contribution >= 4 is 29.1 Å². The highest BCUT2D eigenvalue weighted by atomic mass is 35.5. The monoisotopic (exact) mass is 362 g/mol. The van der Waals surface area contributed by atoms with Crippen LogP contribution in [0.25, 0.3) is 0 Å². The van der Waals surface area contributed by atoms with Gasteiger partial charge in [0.25, 0.3) is 0 Å². The number of halogens is 1. The second-order valence-electron chi connectivity index (χ2n) is 5.29. The largest absolute Gasteiger partial charge is 0.493 e. The number of hydrogen-bond donors (Lipinski definition) is 2. The Hall–Kier alpha value is -2.73. The lowest BCUT2D eigenvalue weighted by atomic mass is 10.2. The van der Waals surface area contributed by atoms with Crippen LogP contribution in [0.5, 0.6) is 11.5 Å². The predicted molar refractivity (Wildman–Crippen MR) is 96.2 cm³/mol. The molecule has 6 nitrogen and oxygen atoms in total. The van der Waals surface area contributed by atoms with Gasteiger partial charge in [-0.3, -0.25) is 9.59 Å². The Morgan fingerprint density at radius 3 is 2.36 bits per heavy atom. The van der Waals surface area contributed by atoms with Crippen molar-refractivity contribution in [2.45, 2.75) is 13.5 Å². The van der Waals surface area contributed by atoms with Crippen molar-refractivity contribution in [3.05, 3.63) is 52.5 Å². The van der Waals surface area contributed by atoms with Crippen molar-refractivity contribution in [2.24, 2.45) is 0 Å². The third-order valence-electron chi connectivity index (χ3n) is 3.54. The molecule has 0 fully saturated rings. The molecule has 0 saturated carbocycles. The summed E-state index contributed by atoms with van der Waals surface area (Å²) in [7, 11) is 3.07. The molecule has 7 heteroatoms. The Kier molecular flexibility index (Phi) is 6.25. The van der Waals surface area contributed by atoms with Gasteiger partial charge in [-0.2, -0.15) is 0 Å². The zero-order valence-corrected chi connectivity index (χ0v) is 14.9. The van der Waals surface area contributed by atoms with Gasteiger partial charge in [0.2, 0.25) is 0 Å². The fourth-order valence-corrected chi connectivity index (χ4v) is 2.29. The van der Waals surface area contributed by atoms with Crippen LogP contribution in [0.3, 0.4) is 0 Å². The minimum atomic E-state index is -0.764. The first-order valence-electron chi connectivity index (χ1n) is 7.51. The minimum absolute atomic E-state index is 0.182. The van der Waals surface area contributed by atoms with Crippen molar-refractivity contribution in [2.75, 3.05) is 19.5 Å². The smallest absolute Gasteiger partial charge is 0.313 e. The molecule has 0 bridgehead atoms. The maximum atomic E-state index is 11.9. The van der Waals surface area contributed by atoms with Crippen LogP contribution in [0.1, 0.15) is 11.1 Å². The van der Waals surface area contributed by atoms with E-state index in [2.05, 4.69) is 10.6 Å². The van der Waals surface area contributed by atoms with E-state index < -0.39 is 11.8 Å². The number of rotatable bonds is 5. The SMILES string of the molecule is COc1ccc(CNC(=O)C(=O)Nc2ccc(C)c(Cl)c2)cc1OC. The molecule has 0 aliphatic heterocycles. The average Bonchev–Trinajstić information content (AvgIpc) is 2.62. The number of carbonyl (C=O) groups is 2. The van der Waals surface area contributed by atoms with E-state index in [1.165, 1.54) is 7.11 Å². The Morgan fingerprint density at radius 2 is 1.72 bits per heavy atom. The first-order valence-corrected chi connectivity index (χ1v) is 7.88. The molecule has 132 valence electrons. The van der Waals surface area contributed by atoms with Gasteiger partial charge in [0.15, 0.2) is 11.5 Å². The van der Waals surface area contributed by atoms with Gasteiger partial charge in [0, 0.05) is 17.3 Å². The average molecular weight is 363 g/mol. The Bertz CT molecular complexity index is 793. The summed E-state index contributed by atoms with van der Waals surface area (Å²) < 4.78 is 10.4. The van der Waals surface area contributed by atoms with Gasteiger partial charge in [-0.1, -0.05) is 23.7 Å². The van der Waals surface area contributed by atoms with E-state index in [0.29, 0.717) is 22.2 Å². The van der Waals surface area contributed by atoms with Gasteiger partial charge in [0.1, 0.15) is 0 Å². The number of aryl methyl sites for hydroxylation is 1. The normalized spacial score (nSPS) is 10.1. The lowest BCUT2D eigenvalue weighted by Gasteiger charge is -2.10. The molecule has 0 atom stereocenters. The Balaban J connectivity index is 1.95. The molecule has 25 heavy (non-hydrogen) atoms. The molecule has 0 heterocycles. The molecule has 0 aromatic heterocycles. The summed E-state index contributed by atoms with van der Waals surface area (Å²) in [4.78, 5) is 23.9. The van der Waals surface area contributed by atoms with E-state index in [4.69, 9.17) is 21.1 Å². The first kappa shape index (κ1) is 18.6. The van der Waals surface area contributed by atoms with Crippen LogP contribution in [-0.4, -0.2) is 26.0 Å². The molecule has 2 aromatic carbocycles. The van der Waals surface area contributed by atoms with Crippen LogP contribution in [0.4, 0.5) is 5.69 Å². The van der Waals surface area contributed by atoms with Crippen molar-refractivity contribution in [1.29, 1.82) is 0 Å². The molecule has 2 N–H and O–H groups in total. The van der Waals surface area contributed by atoms with E-state index in [9.17, 15) is 9.59 Å². The molecule has 2 aromatic rings. The highest BCUT2D eigenvalue weighted by Crippen LogP contribution is 2.27. The number of anilines is 1. The number of methoxy groups -OCH3 is 2. The minimum Gasteiger partial charge on any atom is -0.493 e. The summed E-state index contributed by atoms with van der Waals surface area (Å²) in [6, 6.07) is 10.3. The highest BCUT2D eigenvalue weighted by Gasteiger charge is 2.14. The van der Waals surface area contributed by atoms with Crippen LogP contribution in [-0.2, 0) is 16.1 Å². The number of nitrogens with one attached hydrogen (secondary N) is 2. The van der Waals surface area contributed by atoms with E-state index in [0.717, 1.165) is 11.1 Å². The summed E-state index contributed by atoms with van der Waals surface area (Å²) >= 11 is 6.00. The van der Waals surface area contributed by atoms with Crippen LogP contribution in [0.15, 0.2) is 36.4 Å². The second kappa shape index (κ2) is 8.39. The zero-order chi connectivity index (χ0) is 18.4. The summed E-state index contributed by atoms with van der Waals surface area (Å²) in [5.74, 6) is -0.369. The van der Waals surface area contributed by atoms with Crippen LogP contribution in [0.2, 0.25) is 5.02 Å². The maximum Gasteiger partial charge on any atom is 0.313 e. The fraction of sp³-hybridized carbons (Fsp3) is 0.222. The highest BCUT2D eigenvalue weighted by molar-refractivity contribution is 6.39. The summed E-state index contributed by atoms with van der Waals surface area (Å²) in [6.07, 6.45) is 0. The lowest BCUT2D eigenvalue weighted by molar-refractivity contribution is -0.136. The van der Waals surface area contributed by atoms with E-state index in [1.54, 1.807) is 43.5 Å². The van der Waals surface area contributed by atoms with Gasteiger partial charge < -0.3 is 20.1 Å². The molecule has 2 amide bonds. The topological polar surface area (TPSA) is 76.7 Å². The van der Waals surface area contributed by atoms with Crippen molar-refractivity contribution in [1.82, 2.24) is 5.32 Å². The predicted octanol–water partition coefficient (Wildman–Crippen LogP) is 2.92. The zero-order valence-electron chi connectivity index (χ0n) is 14.2. The maximum absolute atomic E-state index is 11.9. The first-order chi connectivity index (χ1) is 11.9. The quantitative estimate of drug-likeness (QED) is 0.802. The van der Waals surface area contributed by atoms with Crippen LogP contribution < -0.4 is 20.1 Å². The number of carbonyl (C=O) groups excluding carboxylic acids is 2. The summed E-state index contributed by atoms with van der Waals surface area (Å²) in [5, 5.41) is 5.58. The third kappa shape index (κ3) is 4.87. The molecule has 2 rings (SSSR count). The van der Waals surface area contributed by atoms with Crippen LogP contribution in [0, 0.1) is 6.92 Å². The number of benzene rings is 2. The van der Waals surface area contributed by atoms with E-state index >= 15 is 0 Å². The fourth-order valence-electron chi connectivity index (χ4n) is 2.11. The standard InChI is InChI=1S/C18H19ClN2O4/c1-11-4-6-13(9-14(11)19)21-18(23)17(22)20-10-12-5-7-15(24-2)16(8-12)25-3/h4-9H,10H2,1-3H3,(H,20,22)(H,21,23).